The molecule has 0 spiro atoms. The number of fused-ring (bicyclic) bond motifs is 1. The van der Waals surface area contributed by atoms with Crippen LogP contribution >= 0.6 is 0 Å². The van der Waals surface area contributed by atoms with Crippen molar-refractivity contribution in [3.63, 3.8) is 0 Å². The molecule has 0 bridgehead atoms. The highest BCUT2D eigenvalue weighted by atomic mass is 14.9. The second kappa shape index (κ2) is 5.68. The van der Waals surface area contributed by atoms with Crippen LogP contribution in [0.25, 0.3) is 10.8 Å². The van der Waals surface area contributed by atoms with Crippen molar-refractivity contribution in [3.05, 3.63) is 77.9 Å². The molecule has 1 unspecified atom stereocenters. The minimum atomic E-state index is -0.363. The molecule has 0 heterocycles. The molecule has 0 aromatic heterocycles. The average molecular weight is 272 g/mol. The van der Waals surface area contributed by atoms with Crippen LogP contribution in [-0.4, -0.2) is 0 Å². The first kappa shape index (κ1) is 13.2. The van der Waals surface area contributed by atoms with Crippen LogP contribution in [-0.2, 0) is 0 Å². The molecule has 2 nitrogen and oxygen atoms in total. The van der Waals surface area contributed by atoms with E-state index in [2.05, 4.69) is 35.7 Å². The molecular weight excluding hydrogens is 256 g/mol. The van der Waals surface area contributed by atoms with E-state index in [0.29, 0.717) is 0 Å². The number of anilines is 1. The molecule has 0 fully saturated rings. The number of aryl methyl sites for hydroxylation is 1. The van der Waals surface area contributed by atoms with Gasteiger partial charge in [0.15, 0.2) is 0 Å². The summed E-state index contributed by atoms with van der Waals surface area (Å²) < 4.78 is 0. The predicted octanol–water partition coefficient (Wildman–Crippen LogP) is 4.83. The van der Waals surface area contributed by atoms with Gasteiger partial charge in [-0.2, -0.15) is 5.26 Å². The van der Waals surface area contributed by atoms with E-state index >= 15 is 0 Å². The van der Waals surface area contributed by atoms with Gasteiger partial charge in [-0.3, -0.25) is 0 Å². The largest absolute Gasteiger partial charge is 0.366 e. The first-order valence-corrected chi connectivity index (χ1v) is 6.98. The Morgan fingerprint density at radius 2 is 1.71 bits per heavy atom. The Bertz CT molecular complexity index is 810. The predicted molar refractivity (Wildman–Crippen MR) is 87.1 cm³/mol. The normalized spacial score (nSPS) is 11.8. The Hall–Kier alpha value is -2.79. The van der Waals surface area contributed by atoms with Gasteiger partial charge in [-0.15, -0.1) is 0 Å². The van der Waals surface area contributed by atoms with E-state index in [1.807, 2.05) is 49.4 Å². The van der Waals surface area contributed by atoms with Crippen molar-refractivity contribution >= 4 is 16.5 Å². The van der Waals surface area contributed by atoms with Crippen LogP contribution in [0.15, 0.2) is 66.7 Å². The van der Waals surface area contributed by atoms with E-state index in [0.717, 1.165) is 22.0 Å². The van der Waals surface area contributed by atoms with Crippen LogP contribution in [0, 0.1) is 18.3 Å². The molecule has 0 aliphatic carbocycles. The third-order valence-electron chi connectivity index (χ3n) is 3.59. The average Bonchev–Trinajstić information content (AvgIpc) is 2.52. The number of rotatable bonds is 3. The number of nitrogens with one attached hydrogen (secondary N) is 1. The van der Waals surface area contributed by atoms with Gasteiger partial charge < -0.3 is 5.32 Å². The molecule has 0 aliphatic heterocycles. The van der Waals surface area contributed by atoms with E-state index in [9.17, 15) is 5.26 Å². The third-order valence-corrected chi connectivity index (χ3v) is 3.59. The first-order valence-electron chi connectivity index (χ1n) is 6.98. The molecule has 102 valence electrons. The van der Waals surface area contributed by atoms with Crippen molar-refractivity contribution in [1.29, 1.82) is 5.26 Å². The maximum Gasteiger partial charge on any atom is 0.140 e. The Balaban J connectivity index is 2.01. The smallest absolute Gasteiger partial charge is 0.140 e. The molecule has 1 N–H and O–H groups in total. The second-order valence-corrected chi connectivity index (χ2v) is 5.14. The lowest BCUT2D eigenvalue weighted by Gasteiger charge is -2.16. The summed E-state index contributed by atoms with van der Waals surface area (Å²) in [5.74, 6) is 0. The van der Waals surface area contributed by atoms with Gasteiger partial charge in [-0.05, 0) is 41.0 Å². The van der Waals surface area contributed by atoms with E-state index in [-0.39, 0.29) is 6.04 Å². The van der Waals surface area contributed by atoms with E-state index < -0.39 is 0 Å². The maximum atomic E-state index is 9.56. The first-order chi connectivity index (χ1) is 10.3. The highest BCUT2D eigenvalue weighted by molar-refractivity contribution is 5.86. The number of nitrogens with zero attached hydrogens (tertiary/aromatic N) is 1. The summed E-state index contributed by atoms with van der Waals surface area (Å²) in [7, 11) is 0. The molecule has 3 aromatic carbocycles. The van der Waals surface area contributed by atoms with Crippen molar-refractivity contribution in [2.45, 2.75) is 13.0 Å². The molecule has 3 aromatic rings. The highest BCUT2D eigenvalue weighted by Gasteiger charge is 2.13. The highest BCUT2D eigenvalue weighted by Crippen LogP contribution is 2.27. The molecule has 3 rings (SSSR count). The van der Waals surface area contributed by atoms with Gasteiger partial charge in [0, 0.05) is 5.69 Å². The zero-order valence-electron chi connectivity index (χ0n) is 11.9. The molecule has 0 saturated heterocycles. The van der Waals surface area contributed by atoms with Crippen molar-refractivity contribution in [2.75, 3.05) is 5.32 Å². The molecular formula is C19H16N2. The monoisotopic (exact) mass is 272 g/mol. The van der Waals surface area contributed by atoms with Crippen LogP contribution in [0.2, 0.25) is 0 Å². The van der Waals surface area contributed by atoms with E-state index in [4.69, 9.17) is 0 Å². The molecule has 0 aliphatic rings. The van der Waals surface area contributed by atoms with Crippen molar-refractivity contribution in [1.82, 2.24) is 0 Å². The quantitative estimate of drug-likeness (QED) is 0.741. The fourth-order valence-electron chi connectivity index (χ4n) is 2.58. The summed E-state index contributed by atoms with van der Waals surface area (Å²) in [6, 6.07) is 24.3. The lowest BCUT2D eigenvalue weighted by atomic mass is 9.99. The Kier molecular flexibility index (Phi) is 3.57. The van der Waals surface area contributed by atoms with Crippen molar-refractivity contribution in [2.24, 2.45) is 0 Å². The number of nitriles is 1. The number of hydrogen-bond acceptors (Lipinski definition) is 2. The minimum Gasteiger partial charge on any atom is -0.366 e. The zero-order chi connectivity index (χ0) is 14.7. The lowest BCUT2D eigenvalue weighted by Crippen LogP contribution is -2.09. The van der Waals surface area contributed by atoms with Gasteiger partial charge >= 0.3 is 0 Å². The standard InChI is InChI=1S/C19H16N2/c1-14-6-4-9-16(12-14)21-19(13-20)18-11-5-8-15-7-2-3-10-17(15)18/h2-12,19,21H,1H3. The topological polar surface area (TPSA) is 35.8 Å². The molecule has 1 atom stereocenters. The summed E-state index contributed by atoms with van der Waals surface area (Å²) in [6.45, 7) is 2.05. The van der Waals surface area contributed by atoms with Gasteiger partial charge in [0.2, 0.25) is 0 Å². The molecule has 0 amide bonds. The summed E-state index contributed by atoms with van der Waals surface area (Å²) in [6.07, 6.45) is 0. The summed E-state index contributed by atoms with van der Waals surface area (Å²) in [5, 5.41) is 15.1. The van der Waals surface area contributed by atoms with Crippen LogP contribution in [0.3, 0.4) is 0 Å². The van der Waals surface area contributed by atoms with Gasteiger partial charge in [0.05, 0.1) is 6.07 Å². The third kappa shape index (κ3) is 2.73. The molecule has 0 saturated carbocycles. The number of benzene rings is 3. The lowest BCUT2D eigenvalue weighted by molar-refractivity contribution is 1.01. The molecule has 21 heavy (non-hydrogen) atoms. The van der Waals surface area contributed by atoms with Crippen LogP contribution < -0.4 is 5.32 Å². The molecule has 0 radical (unpaired) electrons. The van der Waals surface area contributed by atoms with Gasteiger partial charge in [0.1, 0.15) is 6.04 Å². The van der Waals surface area contributed by atoms with Crippen LogP contribution in [0.5, 0.6) is 0 Å². The Labute approximate surface area is 124 Å². The number of hydrogen-bond donors (Lipinski definition) is 1. The van der Waals surface area contributed by atoms with E-state index in [1.165, 1.54) is 5.56 Å². The van der Waals surface area contributed by atoms with Gasteiger partial charge in [-0.1, -0.05) is 54.6 Å². The Morgan fingerprint density at radius 1 is 0.952 bits per heavy atom. The fourth-order valence-corrected chi connectivity index (χ4v) is 2.58. The van der Waals surface area contributed by atoms with Gasteiger partial charge in [-0.25, -0.2) is 0 Å². The summed E-state index contributed by atoms with van der Waals surface area (Å²) in [4.78, 5) is 0. The van der Waals surface area contributed by atoms with Crippen molar-refractivity contribution in [3.8, 4) is 6.07 Å². The van der Waals surface area contributed by atoms with Crippen molar-refractivity contribution < 1.29 is 0 Å². The summed E-state index contributed by atoms with van der Waals surface area (Å²) in [5.41, 5.74) is 3.15. The summed E-state index contributed by atoms with van der Waals surface area (Å²) >= 11 is 0. The fraction of sp³-hybridized carbons (Fsp3) is 0.105. The van der Waals surface area contributed by atoms with Gasteiger partial charge in [0.25, 0.3) is 0 Å². The minimum absolute atomic E-state index is 0.363. The SMILES string of the molecule is Cc1cccc(NC(C#N)c2cccc3ccccc23)c1. The zero-order valence-corrected chi connectivity index (χ0v) is 11.9. The van der Waals surface area contributed by atoms with E-state index in [1.54, 1.807) is 0 Å². The van der Waals surface area contributed by atoms with Crippen LogP contribution in [0.4, 0.5) is 5.69 Å². The second-order valence-electron chi connectivity index (χ2n) is 5.14. The van der Waals surface area contributed by atoms with Crippen LogP contribution in [0.1, 0.15) is 17.2 Å². The molecule has 2 heteroatoms. The maximum absolute atomic E-state index is 9.56. The Morgan fingerprint density at radius 3 is 2.52 bits per heavy atom.